The third-order valence-corrected chi connectivity index (χ3v) is 9.11. The summed E-state index contributed by atoms with van der Waals surface area (Å²) in [5, 5.41) is 16.2. The molecule has 0 aliphatic carbocycles. The Balaban J connectivity index is 5.40. The Morgan fingerprint density at radius 1 is 0.537 bits per heavy atom. The Hall–Kier alpha value is -2.37. The minimum atomic E-state index is -0.624. The van der Waals surface area contributed by atoms with Crippen molar-refractivity contribution < 1.29 is 28.7 Å². The van der Waals surface area contributed by atoms with Gasteiger partial charge < -0.3 is 26.0 Å². The van der Waals surface area contributed by atoms with Crippen LogP contribution in [0.5, 0.6) is 0 Å². The fraction of sp³-hybridized carbons (Fsp3) is 0.884. The summed E-state index contributed by atoms with van der Waals surface area (Å²) in [6.45, 7) is 25.1. The summed E-state index contributed by atoms with van der Waals surface area (Å²) >= 11 is 0. The number of nitrogens with one attached hydrogen (secondary N) is 5. The molecule has 11 heteroatoms. The molecule has 0 saturated carbocycles. The Kier molecular flexibility index (Phi) is 26.9. The number of Topliss-reactive ketones (excluding diaryl/α,β-unsaturated/α-hetero) is 2. The van der Waals surface area contributed by atoms with Crippen molar-refractivity contribution in [2.75, 3.05) is 26.2 Å². The number of carbonyl (C=O) groups is 5. The van der Waals surface area contributed by atoms with Gasteiger partial charge >= 0.3 is 5.97 Å². The van der Waals surface area contributed by atoms with Gasteiger partial charge in [-0.25, -0.2) is 0 Å². The van der Waals surface area contributed by atoms with Crippen molar-refractivity contribution in [2.24, 2.45) is 5.92 Å². The van der Waals surface area contributed by atoms with Gasteiger partial charge in [-0.2, -0.15) is 0 Å². The van der Waals surface area contributed by atoms with E-state index in [9.17, 15) is 24.0 Å². The monoisotopic (exact) mass is 766 g/mol. The maximum absolute atomic E-state index is 13.8. The molecule has 0 aliphatic heterocycles. The summed E-state index contributed by atoms with van der Waals surface area (Å²) in [6, 6.07) is -1.03. The van der Waals surface area contributed by atoms with Gasteiger partial charge in [-0.1, -0.05) is 32.6 Å². The molecule has 0 heterocycles. The van der Waals surface area contributed by atoms with Crippen LogP contribution in [-0.4, -0.2) is 84.3 Å². The van der Waals surface area contributed by atoms with E-state index in [1.54, 1.807) is 6.92 Å². The first kappa shape index (κ1) is 51.6. The maximum atomic E-state index is 13.8. The molecular formula is C43H83N5O6. The highest BCUT2D eigenvalue weighted by atomic mass is 16.5. The highest BCUT2D eigenvalue weighted by Gasteiger charge is 2.28. The van der Waals surface area contributed by atoms with E-state index in [1.807, 2.05) is 20.8 Å². The summed E-state index contributed by atoms with van der Waals surface area (Å²) in [7, 11) is 0. The van der Waals surface area contributed by atoms with Crippen LogP contribution in [0.3, 0.4) is 0 Å². The molecule has 5 N–H and O–H groups in total. The average Bonchev–Trinajstić information content (AvgIpc) is 3.05. The topological polar surface area (TPSA) is 155 Å². The van der Waals surface area contributed by atoms with E-state index in [0.717, 1.165) is 70.9 Å². The van der Waals surface area contributed by atoms with Crippen molar-refractivity contribution in [1.29, 1.82) is 0 Å². The molecule has 0 aromatic rings. The molecule has 0 unspecified atom stereocenters. The van der Waals surface area contributed by atoms with Crippen LogP contribution in [0.4, 0.5) is 0 Å². The summed E-state index contributed by atoms with van der Waals surface area (Å²) in [6.07, 6.45) is 11.0. The molecule has 0 fully saturated rings. The van der Waals surface area contributed by atoms with Gasteiger partial charge in [0, 0.05) is 54.8 Å². The zero-order valence-electron chi connectivity index (χ0n) is 36.5. The number of rotatable bonds is 31. The third-order valence-electron chi connectivity index (χ3n) is 9.11. The lowest BCUT2D eigenvalue weighted by molar-refractivity contribution is -0.146. The Morgan fingerprint density at radius 2 is 1.09 bits per heavy atom. The molecule has 3 atom stereocenters. The average molecular weight is 766 g/mol. The lowest BCUT2D eigenvalue weighted by atomic mass is 9.87. The second kappa shape index (κ2) is 28.1. The van der Waals surface area contributed by atoms with Crippen molar-refractivity contribution >= 4 is 29.4 Å². The number of unbranched alkanes of at least 4 members (excludes halogenated alkanes) is 6. The lowest BCUT2D eigenvalue weighted by Crippen LogP contribution is -2.48. The number of carbonyl (C=O) groups excluding carboxylic acids is 5. The highest BCUT2D eigenvalue weighted by Crippen LogP contribution is 2.20. The normalized spacial score (nSPS) is 13.9. The summed E-state index contributed by atoms with van der Waals surface area (Å²) in [4.78, 5) is 65.6. The molecule has 2 amide bonds. The number of hydrogen-bond donors (Lipinski definition) is 5. The van der Waals surface area contributed by atoms with Gasteiger partial charge in [0.1, 0.15) is 11.8 Å². The predicted octanol–water partition coefficient (Wildman–Crippen LogP) is 7.09. The molecule has 11 nitrogen and oxygen atoms in total. The van der Waals surface area contributed by atoms with Gasteiger partial charge in [0.15, 0.2) is 5.78 Å². The predicted molar refractivity (Wildman–Crippen MR) is 221 cm³/mol. The first-order chi connectivity index (χ1) is 25.2. The summed E-state index contributed by atoms with van der Waals surface area (Å²) < 4.78 is 5.23. The molecule has 0 saturated heterocycles. The van der Waals surface area contributed by atoms with Crippen LogP contribution in [0.25, 0.3) is 0 Å². The number of amides is 2. The van der Waals surface area contributed by atoms with Crippen LogP contribution in [0.2, 0.25) is 0 Å². The Labute approximate surface area is 330 Å². The molecule has 0 aliphatic rings. The molecular weight excluding hydrogens is 683 g/mol. The molecule has 0 bridgehead atoms. The summed E-state index contributed by atoms with van der Waals surface area (Å²) in [5.41, 5.74) is -0.237. The van der Waals surface area contributed by atoms with Crippen LogP contribution in [0.1, 0.15) is 185 Å². The molecule has 0 spiro atoms. The standard InChI is InChI=1S/C43H83N5O6/c1-12-14-15-16-26-39(52)47-34(24-19-22-31-46-42(6,7)8)37(50)32-33(23-17-21-30-45-41(3,4)5)36(49)27-28-38(51)44-29-20-18-25-35(40(53)54-13-2)48-43(9,10)11/h33-35,45-46,48H,12-32H2,1-11H3,(H,44,51)(H,47,52)/t33-,34+,35+/m1/s1. The molecule has 0 aromatic heterocycles. The minimum absolute atomic E-state index is 0.00513. The minimum Gasteiger partial charge on any atom is -0.465 e. The van der Waals surface area contributed by atoms with E-state index in [2.05, 4.69) is 75.1 Å². The first-order valence-corrected chi connectivity index (χ1v) is 21.2. The summed E-state index contributed by atoms with van der Waals surface area (Å²) in [5.74, 6) is -1.24. The molecule has 54 heavy (non-hydrogen) atoms. The molecule has 316 valence electrons. The Morgan fingerprint density at radius 3 is 1.63 bits per heavy atom. The third kappa shape index (κ3) is 29.9. The van der Waals surface area contributed by atoms with Crippen molar-refractivity contribution in [1.82, 2.24) is 26.6 Å². The lowest BCUT2D eigenvalue weighted by Gasteiger charge is -2.27. The van der Waals surface area contributed by atoms with E-state index < -0.39 is 18.0 Å². The fourth-order valence-electron chi connectivity index (χ4n) is 6.22. The van der Waals surface area contributed by atoms with Crippen LogP contribution in [0, 0.1) is 5.92 Å². The van der Waals surface area contributed by atoms with Crippen LogP contribution < -0.4 is 26.6 Å². The van der Waals surface area contributed by atoms with Crippen LogP contribution >= 0.6 is 0 Å². The largest absolute Gasteiger partial charge is 0.465 e. The van der Waals surface area contributed by atoms with Gasteiger partial charge in [-0.3, -0.25) is 29.3 Å². The number of ketones is 2. The molecule has 0 radical (unpaired) electrons. The van der Waals surface area contributed by atoms with Gasteiger partial charge in [-0.05, 0) is 140 Å². The maximum Gasteiger partial charge on any atom is 0.323 e. The fourth-order valence-corrected chi connectivity index (χ4v) is 6.22. The van der Waals surface area contributed by atoms with Gasteiger partial charge in [0.05, 0.1) is 12.6 Å². The molecule has 0 aromatic carbocycles. The SMILES string of the molecule is CCCCCCC(=O)N[C@@H](CCCCNC(C)(C)C)C(=O)C[C@@H](CCCCNC(C)(C)C)C(=O)CCC(=O)NCCCC[C@H](NC(C)(C)C)C(=O)OCC. The van der Waals surface area contributed by atoms with E-state index in [-0.39, 0.29) is 65.2 Å². The smallest absolute Gasteiger partial charge is 0.323 e. The van der Waals surface area contributed by atoms with Gasteiger partial charge in [-0.15, -0.1) is 0 Å². The van der Waals surface area contributed by atoms with Gasteiger partial charge in [0.2, 0.25) is 11.8 Å². The van der Waals surface area contributed by atoms with Crippen LogP contribution in [0.15, 0.2) is 0 Å². The number of ether oxygens (including phenoxy) is 1. The zero-order valence-corrected chi connectivity index (χ0v) is 36.5. The van der Waals surface area contributed by atoms with E-state index in [1.165, 1.54) is 0 Å². The van der Waals surface area contributed by atoms with Crippen molar-refractivity contribution in [3.63, 3.8) is 0 Å². The molecule has 0 rings (SSSR count). The second-order valence-electron chi connectivity index (χ2n) is 18.2. The first-order valence-electron chi connectivity index (χ1n) is 21.2. The van der Waals surface area contributed by atoms with E-state index >= 15 is 0 Å². The van der Waals surface area contributed by atoms with E-state index in [4.69, 9.17) is 4.74 Å². The van der Waals surface area contributed by atoms with Crippen molar-refractivity contribution in [3.8, 4) is 0 Å². The quantitative estimate of drug-likeness (QED) is 0.0368. The van der Waals surface area contributed by atoms with Crippen molar-refractivity contribution in [3.05, 3.63) is 0 Å². The number of esters is 1. The van der Waals surface area contributed by atoms with Crippen LogP contribution in [-0.2, 0) is 28.7 Å². The second-order valence-corrected chi connectivity index (χ2v) is 18.2. The Bertz CT molecular complexity index is 1080. The van der Waals surface area contributed by atoms with Gasteiger partial charge in [0.25, 0.3) is 0 Å². The number of hydrogen-bond acceptors (Lipinski definition) is 9. The van der Waals surface area contributed by atoms with Crippen molar-refractivity contribution in [2.45, 2.75) is 214 Å². The zero-order chi connectivity index (χ0) is 41.2. The highest BCUT2D eigenvalue weighted by molar-refractivity contribution is 5.94. The van der Waals surface area contributed by atoms with E-state index in [0.29, 0.717) is 45.3 Å².